The predicted octanol–water partition coefficient (Wildman–Crippen LogP) is 3.50. The van der Waals surface area contributed by atoms with Crippen molar-refractivity contribution < 1.29 is 14.3 Å². The lowest BCUT2D eigenvalue weighted by molar-refractivity contribution is -0.143. The average Bonchev–Trinajstić information content (AvgIpc) is 2.53. The second-order valence-electron chi connectivity index (χ2n) is 5.16. The molecule has 0 aliphatic carbocycles. The van der Waals surface area contributed by atoms with Crippen LogP contribution in [0.4, 0.5) is 0 Å². The summed E-state index contributed by atoms with van der Waals surface area (Å²) in [6.07, 6.45) is 0.369. The zero-order valence-corrected chi connectivity index (χ0v) is 13.0. The second kappa shape index (κ2) is 7.23. The van der Waals surface area contributed by atoms with Gasteiger partial charge in [0.25, 0.3) is 0 Å². The Bertz CT molecular complexity index is 640. The van der Waals surface area contributed by atoms with Crippen LogP contribution in [0.2, 0.25) is 0 Å². The molecule has 3 nitrogen and oxygen atoms in total. The van der Waals surface area contributed by atoms with Gasteiger partial charge in [0.2, 0.25) is 5.24 Å². The number of ether oxygens (including phenoxy) is 1. The van der Waals surface area contributed by atoms with Crippen molar-refractivity contribution >= 4 is 22.8 Å². The van der Waals surface area contributed by atoms with Crippen molar-refractivity contribution in [2.45, 2.75) is 18.8 Å². The third-order valence-electron chi connectivity index (χ3n) is 3.57. The first-order chi connectivity index (χ1) is 10.5. The maximum Gasteiger partial charge on any atom is 0.302 e. The number of esters is 1. The van der Waals surface area contributed by atoms with Gasteiger partial charge >= 0.3 is 5.97 Å². The Morgan fingerprint density at radius 1 is 1.00 bits per heavy atom. The SMILES string of the molecule is CC(=O)OCC(Cc1ccccc1)(C(=O)Cl)c1ccccc1. The standard InChI is InChI=1S/C18H17ClO3/c1-14(20)22-13-18(17(19)21,16-10-6-3-7-11-16)12-15-8-4-2-5-9-15/h2-11H,12-13H2,1H3. The molecule has 1 atom stereocenters. The summed E-state index contributed by atoms with van der Waals surface area (Å²) in [6, 6.07) is 18.7. The fourth-order valence-corrected chi connectivity index (χ4v) is 2.63. The molecule has 22 heavy (non-hydrogen) atoms. The van der Waals surface area contributed by atoms with E-state index in [9.17, 15) is 9.59 Å². The molecular weight excluding hydrogens is 300 g/mol. The lowest BCUT2D eigenvalue weighted by Crippen LogP contribution is -2.41. The Balaban J connectivity index is 2.45. The number of hydrogen-bond acceptors (Lipinski definition) is 3. The highest BCUT2D eigenvalue weighted by Crippen LogP contribution is 2.32. The highest BCUT2D eigenvalue weighted by Gasteiger charge is 2.40. The van der Waals surface area contributed by atoms with E-state index >= 15 is 0 Å². The third-order valence-corrected chi connectivity index (χ3v) is 3.93. The molecule has 0 spiro atoms. The third kappa shape index (κ3) is 3.74. The first-order valence-electron chi connectivity index (χ1n) is 6.97. The average molecular weight is 317 g/mol. The van der Waals surface area contributed by atoms with E-state index in [1.165, 1.54) is 6.92 Å². The summed E-state index contributed by atoms with van der Waals surface area (Å²) >= 11 is 5.94. The fraction of sp³-hybridized carbons (Fsp3) is 0.222. The molecule has 0 saturated carbocycles. The van der Waals surface area contributed by atoms with Crippen LogP contribution in [0, 0.1) is 0 Å². The van der Waals surface area contributed by atoms with Crippen molar-refractivity contribution in [2.75, 3.05) is 6.61 Å². The molecule has 0 saturated heterocycles. The van der Waals surface area contributed by atoms with Gasteiger partial charge < -0.3 is 4.74 Å². The minimum Gasteiger partial charge on any atom is -0.464 e. The Hall–Kier alpha value is -2.13. The fourth-order valence-electron chi connectivity index (χ4n) is 2.40. The molecule has 0 amide bonds. The maximum absolute atomic E-state index is 12.3. The lowest BCUT2D eigenvalue weighted by Gasteiger charge is -2.30. The Morgan fingerprint density at radius 3 is 2.05 bits per heavy atom. The van der Waals surface area contributed by atoms with Gasteiger partial charge in [-0.1, -0.05) is 60.7 Å². The summed E-state index contributed by atoms with van der Waals surface area (Å²) in [4.78, 5) is 23.5. The number of benzene rings is 2. The van der Waals surface area contributed by atoms with E-state index in [4.69, 9.17) is 16.3 Å². The number of carbonyl (C=O) groups excluding carboxylic acids is 2. The quantitative estimate of drug-likeness (QED) is 0.605. The first kappa shape index (κ1) is 16.2. The van der Waals surface area contributed by atoms with Crippen molar-refractivity contribution in [3.05, 3.63) is 71.8 Å². The molecule has 0 N–H and O–H groups in total. The van der Waals surface area contributed by atoms with E-state index in [0.29, 0.717) is 6.42 Å². The number of carbonyl (C=O) groups is 2. The van der Waals surface area contributed by atoms with Gasteiger partial charge in [-0.2, -0.15) is 0 Å². The van der Waals surface area contributed by atoms with Gasteiger partial charge in [-0.15, -0.1) is 0 Å². The van der Waals surface area contributed by atoms with Gasteiger partial charge in [0.15, 0.2) is 0 Å². The molecule has 0 aromatic heterocycles. The van der Waals surface area contributed by atoms with Gasteiger partial charge in [0.1, 0.15) is 12.0 Å². The molecule has 0 fully saturated rings. The monoisotopic (exact) mass is 316 g/mol. The predicted molar refractivity (Wildman–Crippen MR) is 85.8 cm³/mol. The van der Waals surface area contributed by atoms with Gasteiger partial charge in [-0.05, 0) is 29.1 Å². The van der Waals surface area contributed by atoms with Crippen LogP contribution in [-0.2, 0) is 26.2 Å². The first-order valence-corrected chi connectivity index (χ1v) is 7.35. The van der Waals surface area contributed by atoms with Crippen LogP contribution in [-0.4, -0.2) is 17.8 Å². The lowest BCUT2D eigenvalue weighted by atomic mass is 9.77. The van der Waals surface area contributed by atoms with Gasteiger partial charge in [0, 0.05) is 6.92 Å². The minimum atomic E-state index is -1.09. The number of rotatable bonds is 6. The van der Waals surface area contributed by atoms with E-state index in [0.717, 1.165) is 11.1 Å². The van der Waals surface area contributed by atoms with Crippen LogP contribution in [0.25, 0.3) is 0 Å². The smallest absolute Gasteiger partial charge is 0.302 e. The highest BCUT2D eigenvalue weighted by molar-refractivity contribution is 6.65. The zero-order chi connectivity index (χ0) is 16.0. The van der Waals surface area contributed by atoms with Crippen LogP contribution in [0.15, 0.2) is 60.7 Å². The summed E-state index contributed by atoms with van der Waals surface area (Å²) in [7, 11) is 0. The molecule has 4 heteroatoms. The topological polar surface area (TPSA) is 43.4 Å². The van der Waals surface area contributed by atoms with E-state index in [-0.39, 0.29) is 6.61 Å². The highest BCUT2D eigenvalue weighted by atomic mass is 35.5. The summed E-state index contributed by atoms with van der Waals surface area (Å²) < 4.78 is 5.15. The number of halogens is 1. The molecule has 0 bridgehead atoms. The molecular formula is C18H17ClO3. The molecule has 2 aromatic carbocycles. The summed E-state index contributed by atoms with van der Waals surface area (Å²) in [5.74, 6) is -0.439. The van der Waals surface area contributed by atoms with Crippen LogP contribution >= 0.6 is 11.6 Å². The molecule has 2 rings (SSSR count). The van der Waals surface area contributed by atoms with Crippen molar-refractivity contribution in [1.29, 1.82) is 0 Å². The van der Waals surface area contributed by atoms with Crippen LogP contribution in [0.1, 0.15) is 18.1 Å². The van der Waals surface area contributed by atoms with Crippen LogP contribution < -0.4 is 0 Å². The molecule has 0 radical (unpaired) electrons. The Labute approximate surface area is 134 Å². The van der Waals surface area contributed by atoms with Crippen LogP contribution in [0.3, 0.4) is 0 Å². The van der Waals surface area contributed by atoms with Crippen molar-refractivity contribution in [1.82, 2.24) is 0 Å². The van der Waals surface area contributed by atoms with Crippen molar-refractivity contribution in [3.63, 3.8) is 0 Å². The summed E-state index contributed by atoms with van der Waals surface area (Å²) in [6.45, 7) is 1.24. The molecule has 2 aromatic rings. The van der Waals surface area contributed by atoms with E-state index in [1.54, 1.807) is 0 Å². The Kier molecular flexibility index (Phi) is 5.34. The van der Waals surface area contributed by atoms with Gasteiger partial charge in [0.05, 0.1) is 0 Å². The summed E-state index contributed by atoms with van der Waals surface area (Å²) in [5, 5.41) is -0.538. The largest absolute Gasteiger partial charge is 0.464 e. The van der Waals surface area contributed by atoms with E-state index in [2.05, 4.69) is 0 Å². The minimum absolute atomic E-state index is 0.0798. The molecule has 0 aliphatic heterocycles. The second-order valence-corrected chi connectivity index (χ2v) is 5.51. The van der Waals surface area contributed by atoms with Crippen molar-refractivity contribution in [3.8, 4) is 0 Å². The van der Waals surface area contributed by atoms with Gasteiger partial charge in [-0.3, -0.25) is 9.59 Å². The number of hydrogen-bond donors (Lipinski definition) is 0. The normalized spacial score (nSPS) is 13.2. The Morgan fingerprint density at radius 2 is 1.55 bits per heavy atom. The maximum atomic E-state index is 12.3. The van der Waals surface area contributed by atoms with Crippen LogP contribution in [0.5, 0.6) is 0 Å². The molecule has 114 valence electrons. The summed E-state index contributed by atoms with van der Waals surface area (Å²) in [5.41, 5.74) is 0.600. The molecule has 0 aliphatic rings. The van der Waals surface area contributed by atoms with E-state index in [1.807, 2.05) is 60.7 Å². The van der Waals surface area contributed by atoms with Gasteiger partial charge in [-0.25, -0.2) is 0 Å². The molecule has 1 unspecified atom stereocenters. The molecule has 0 heterocycles. The zero-order valence-electron chi connectivity index (χ0n) is 12.3. The van der Waals surface area contributed by atoms with Crippen molar-refractivity contribution in [2.24, 2.45) is 0 Å². The van der Waals surface area contributed by atoms with E-state index < -0.39 is 16.6 Å².